The van der Waals surface area contributed by atoms with E-state index in [1.165, 1.54) is 0 Å². The van der Waals surface area contributed by atoms with Gasteiger partial charge in [0.1, 0.15) is 0 Å². The summed E-state index contributed by atoms with van der Waals surface area (Å²) in [4.78, 5) is 35.7. The van der Waals surface area contributed by atoms with Crippen LogP contribution in [0.4, 0.5) is 17.6 Å². The van der Waals surface area contributed by atoms with Gasteiger partial charge in [-0.05, 0) is 16.7 Å². The van der Waals surface area contributed by atoms with Gasteiger partial charge in [0.25, 0.3) is 0 Å². The molecule has 212 valence electrons. The van der Waals surface area contributed by atoms with Crippen LogP contribution in [0.15, 0.2) is 78.9 Å². The highest BCUT2D eigenvalue weighted by atomic mass is 32.2. The molecule has 3 aromatic rings. The Balaban J connectivity index is 1.93. The molecule has 0 bridgehead atoms. The Bertz CT molecular complexity index is 1410. The fraction of sp³-hybridized carbons (Fsp3) is 0.217. The van der Waals surface area contributed by atoms with Crippen LogP contribution in [0.5, 0.6) is 0 Å². The molecule has 0 heterocycles. The first-order chi connectivity index (χ1) is 17.8. The second-order valence-corrected chi connectivity index (χ2v) is 13.8. The molecule has 0 spiro atoms. The number of benzene rings is 3. The smallest absolute Gasteiger partial charge is 0.320 e. The molecular formula is C23H23F4NO8P2S. The van der Waals surface area contributed by atoms with E-state index in [0.29, 0.717) is 5.56 Å². The molecule has 4 N–H and O–H groups in total. The third-order valence-electron chi connectivity index (χ3n) is 5.64. The van der Waals surface area contributed by atoms with Crippen LogP contribution in [-0.2, 0) is 49.3 Å². The minimum Gasteiger partial charge on any atom is -0.320 e. The number of nitrogens with zero attached hydrogens (tertiary/aromatic N) is 1. The molecule has 0 aliphatic heterocycles. The Morgan fingerprint density at radius 3 is 1.31 bits per heavy atom. The van der Waals surface area contributed by atoms with E-state index in [1.54, 1.807) is 30.3 Å². The van der Waals surface area contributed by atoms with Gasteiger partial charge in [0, 0.05) is 24.2 Å². The van der Waals surface area contributed by atoms with Crippen molar-refractivity contribution in [1.29, 1.82) is 0 Å². The zero-order valence-electron chi connectivity index (χ0n) is 19.8. The van der Waals surface area contributed by atoms with E-state index in [-0.39, 0.29) is 24.2 Å². The second-order valence-electron chi connectivity index (χ2n) is 8.57. The predicted molar refractivity (Wildman–Crippen MR) is 133 cm³/mol. The Labute approximate surface area is 221 Å². The minimum absolute atomic E-state index is 0.182. The van der Waals surface area contributed by atoms with E-state index in [4.69, 9.17) is 19.6 Å². The molecule has 0 atom stereocenters. The number of alkyl halides is 4. The zero-order chi connectivity index (χ0) is 29.3. The van der Waals surface area contributed by atoms with Crippen molar-refractivity contribution >= 4 is 25.2 Å². The third-order valence-corrected chi connectivity index (χ3v) is 9.36. The number of hydrogen-bond donors (Lipinski definition) is 4. The molecule has 16 heteroatoms. The van der Waals surface area contributed by atoms with Crippen LogP contribution in [0.1, 0.15) is 27.8 Å². The first-order valence-corrected chi connectivity index (χ1v) is 15.8. The van der Waals surface area contributed by atoms with Crippen molar-refractivity contribution < 1.29 is 54.7 Å². The average Bonchev–Trinajstić information content (AvgIpc) is 2.83. The SMILES string of the molecule is O=P(O)(O)C(F)(F)c1ccc(CN(Cc2ccc(C(F)(F)P(=O)(O)O)cc2)S(=O)(=O)Cc2ccccc2)cc1. The van der Waals surface area contributed by atoms with Gasteiger partial charge in [-0.2, -0.15) is 21.9 Å². The lowest BCUT2D eigenvalue weighted by molar-refractivity contribution is 0.0564. The monoisotopic (exact) mass is 611 g/mol. The summed E-state index contributed by atoms with van der Waals surface area (Å²) < 4.78 is 106. The summed E-state index contributed by atoms with van der Waals surface area (Å²) in [6, 6.07) is 15.4. The summed E-state index contributed by atoms with van der Waals surface area (Å²) in [5, 5.41) is 0. The van der Waals surface area contributed by atoms with Crippen molar-refractivity contribution in [2.75, 3.05) is 0 Å². The molecule has 0 radical (unpaired) electrons. The Kier molecular flexibility index (Phi) is 8.96. The predicted octanol–water partition coefficient (Wildman–Crippen LogP) is 4.67. The first-order valence-electron chi connectivity index (χ1n) is 10.9. The number of hydrogen-bond acceptors (Lipinski definition) is 4. The van der Waals surface area contributed by atoms with E-state index in [9.17, 15) is 35.1 Å². The van der Waals surface area contributed by atoms with Crippen LogP contribution in [0, 0.1) is 0 Å². The molecule has 9 nitrogen and oxygen atoms in total. The highest BCUT2D eigenvalue weighted by Crippen LogP contribution is 2.60. The largest absolute Gasteiger partial charge is 0.399 e. The number of sulfonamides is 1. The van der Waals surface area contributed by atoms with Gasteiger partial charge >= 0.3 is 26.5 Å². The third kappa shape index (κ3) is 7.22. The summed E-state index contributed by atoms with van der Waals surface area (Å²) in [7, 11) is -15.7. The van der Waals surface area contributed by atoms with E-state index in [2.05, 4.69) is 0 Å². The number of rotatable bonds is 11. The molecule has 0 aliphatic rings. The van der Waals surface area contributed by atoms with Gasteiger partial charge in [0.05, 0.1) is 5.75 Å². The van der Waals surface area contributed by atoms with Crippen LogP contribution in [0.3, 0.4) is 0 Å². The van der Waals surface area contributed by atoms with Crippen molar-refractivity contribution in [2.24, 2.45) is 0 Å². The van der Waals surface area contributed by atoms with Crippen LogP contribution in [-0.4, -0.2) is 32.3 Å². The Morgan fingerprint density at radius 2 is 0.974 bits per heavy atom. The molecule has 0 unspecified atom stereocenters. The lowest BCUT2D eigenvalue weighted by Crippen LogP contribution is -2.31. The van der Waals surface area contributed by atoms with Crippen molar-refractivity contribution in [3.63, 3.8) is 0 Å². The van der Waals surface area contributed by atoms with E-state index in [0.717, 1.165) is 52.8 Å². The highest BCUT2D eigenvalue weighted by Gasteiger charge is 2.51. The minimum atomic E-state index is -5.81. The Morgan fingerprint density at radius 1 is 0.615 bits per heavy atom. The molecule has 0 amide bonds. The normalized spacial score (nSPS) is 13.6. The van der Waals surface area contributed by atoms with Crippen LogP contribution in [0.2, 0.25) is 0 Å². The molecule has 0 aromatic heterocycles. The summed E-state index contributed by atoms with van der Waals surface area (Å²) in [6.45, 7) is -0.755. The summed E-state index contributed by atoms with van der Waals surface area (Å²) >= 11 is 0. The van der Waals surface area contributed by atoms with E-state index < -0.39 is 53.4 Å². The van der Waals surface area contributed by atoms with Crippen molar-refractivity contribution in [1.82, 2.24) is 4.31 Å². The molecular weight excluding hydrogens is 588 g/mol. The fourth-order valence-electron chi connectivity index (χ4n) is 3.49. The van der Waals surface area contributed by atoms with E-state index in [1.807, 2.05) is 0 Å². The average molecular weight is 611 g/mol. The van der Waals surface area contributed by atoms with Gasteiger partial charge in [0.2, 0.25) is 10.0 Å². The summed E-state index contributed by atoms with van der Waals surface area (Å²) in [5.74, 6) is -0.462. The topological polar surface area (TPSA) is 152 Å². The highest BCUT2D eigenvalue weighted by molar-refractivity contribution is 7.88. The van der Waals surface area contributed by atoms with Gasteiger partial charge < -0.3 is 19.6 Å². The standard InChI is InChI=1S/C23H23F4NO8P2S/c24-22(25,37(29,30)31)20-10-6-17(7-11-20)14-28(39(35,36)16-19-4-2-1-3-5-19)15-18-8-12-21(13-9-18)23(26,27)38(32,33)34/h1-13H,14-16H2,(H2,29,30,31)(H2,32,33,34). The quantitative estimate of drug-likeness (QED) is 0.180. The van der Waals surface area contributed by atoms with Gasteiger partial charge in [-0.15, -0.1) is 0 Å². The maximum atomic E-state index is 14.0. The molecule has 3 aromatic carbocycles. The Hall–Kier alpha value is -2.41. The van der Waals surface area contributed by atoms with Gasteiger partial charge in [-0.25, -0.2) is 8.42 Å². The fourth-order valence-corrected chi connectivity index (χ4v) is 5.95. The maximum absolute atomic E-state index is 14.0. The molecule has 0 fully saturated rings. The zero-order valence-corrected chi connectivity index (χ0v) is 22.4. The van der Waals surface area contributed by atoms with Crippen molar-refractivity contribution in [2.45, 2.75) is 30.2 Å². The van der Waals surface area contributed by atoms with Crippen LogP contribution in [0.25, 0.3) is 0 Å². The number of halogens is 4. The lowest BCUT2D eigenvalue weighted by atomic mass is 10.1. The van der Waals surface area contributed by atoms with Gasteiger partial charge in [-0.1, -0.05) is 78.9 Å². The van der Waals surface area contributed by atoms with Crippen LogP contribution < -0.4 is 0 Å². The van der Waals surface area contributed by atoms with Crippen molar-refractivity contribution in [3.8, 4) is 0 Å². The summed E-state index contributed by atoms with van der Waals surface area (Å²) in [6.07, 6.45) is 0. The second kappa shape index (κ2) is 11.2. The molecule has 0 saturated carbocycles. The lowest BCUT2D eigenvalue weighted by Gasteiger charge is -2.24. The molecule has 3 rings (SSSR count). The van der Waals surface area contributed by atoms with Gasteiger partial charge in [-0.3, -0.25) is 9.13 Å². The maximum Gasteiger partial charge on any atom is 0.399 e. The molecule has 0 saturated heterocycles. The van der Waals surface area contributed by atoms with Crippen molar-refractivity contribution in [3.05, 3.63) is 107 Å². The summed E-state index contributed by atoms with van der Waals surface area (Å²) in [5.41, 5.74) is -10.1. The first kappa shape index (κ1) is 31.1. The van der Waals surface area contributed by atoms with Crippen LogP contribution >= 0.6 is 15.2 Å². The van der Waals surface area contributed by atoms with Gasteiger partial charge in [0.15, 0.2) is 0 Å². The molecule has 39 heavy (non-hydrogen) atoms. The van der Waals surface area contributed by atoms with E-state index >= 15 is 0 Å². The molecule has 0 aliphatic carbocycles.